The minimum atomic E-state index is 0.0827. The number of benzene rings is 1. The third-order valence-corrected chi connectivity index (χ3v) is 2.35. The second-order valence-corrected chi connectivity index (χ2v) is 3.39. The van der Waals surface area contributed by atoms with Crippen LogP contribution in [-0.4, -0.2) is 27.4 Å². The number of hydrogen-bond acceptors (Lipinski definition) is 4. The van der Waals surface area contributed by atoms with Crippen LogP contribution in [0.15, 0.2) is 18.2 Å². The fraction of sp³-hybridized carbons (Fsp3) is 0.200. The minimum absolute atomic E-state index is 0.0827. The lowest BCUT2D eigenvalue weighted by molar-refractivity contribution is 0.373. The Kier molecular flexibility index (Phi) is 2.96. The van der Waals surface area contributed by atoms with Crippen LogP contribution in [-0.2, 0) is 5.88 Å². The normalized spacial score (nSPS) is 10.4. The van der Waals surface area contributed by atoms with E-state index in [2.05, 4.69) is 15.2 Å². The quantitative estimate of drug-likeness (QED) is 0.803. The maximum atomic E-state index is 9.44. The molecule has 0 unspecified atom stereocenters. The Labute approximate surface area is 97.0 Å². The summed E-state index contributed by atoms with van der Waals surface area (Å²) in [6, 6.07) is 4.90. The molecule has 16 heavy (non-hydrogen) atoms. The summed E-state index contributed by atoms with van der Waals surface area (Å²) in [7, 11) is 1.49. The number of H-pyrrole nitrogens is 1. The second kappa shape index (κ2) is 4.40. The molecule has 0 aliphatic carbocycles. The van der Waals surface area contributed by atoms with E-state index in [1.165, 1.54) is 13.2 Å². The summed E-state index contributed by atoms with van der Waals surface area (Å²) in [4.78, 5) is 4.17. The summed E-state index contributed by atoms with van der Waals surface area (Å²) < 4.78 is 5.00. The Balaban J connectivity index is 2.40. The SMILES string of the molecule is COc1cc(-c2n[nH]c(CCl)n2)ccc1O. The first-order valence-corrected chi connectivity index (χ1v) is 5.12. The predicted octanol–water partition coefficient (Wildman–Crippen LogP) is 1.92. The molecular weight excluding hydrogens is 230 g/mol. The highest BCUT2D eigenvalue weighted by Gasteiger charge is 2.08. The molecule has 2 N–H and O–H groups in total. The molecule has 0 aliphatic rings. The van der Waals surface area contributed by atoms with E-state index in [1.807, 2.05) is 0 Å². The molecule has 1 heterocycles. The van der Waals surface area contributed by atoms with Gasteiger partial charge >= 0.3 is 0 Å². The number of alkyl halides is 1. The fourth-order valence-corrected chi connectivity index (χ4v) is 1.42. The molecule has 6 heteroatoms. The molecule has 0 fully saturated rings. The lowest BCUT2D eigenvalue weighted by Crippen LogP contribution is -1.86. The van der Waals surface area contributed by atoms with Crippen molar-refractivity contribution in [3.8, 4) is 22.9 Å². The average Bonchev–Trinajstić information content (AvgIpc) is 2.78. The van der Waals surface area contributed by atoms with Crippen molar-refractivity contribution in [3.05, 3.63) is 24.0 Å². The highest BCUT2D eigenvalue weighted by molar-refractivity contribution is 6.16. The van der Waals surface area contributed by atoms with E-state index in [1.54, 1.807) is 12.1 Å². The van der Waals surface area contributed by atoms with Gasteiger partial charge in [0.1, 0.15) is 5.82 Å². The number of aromatic hydroxyl groups is 1. The van der Waals surface area contributed by atoms with Crippen LogP contribution in [0.5, 0.6) is 11.5 Å². The van der Waals surface area contributed by atoms with Gasteiger partial charge < -0.3 is 9.84 Å². The molecule has 2 rings (SSSR count). The van der Waals surface area contributed by atoms with E-state index < -0.39 is 0 Å². The first kappa shape index (κ1) is 10.8. The summed E-state index contributed by atoms with van der Waals surface area (Å²) in [6.45, 7) is 0. The van der Waals surface area contributed by atoms with E-state index in [4.69, 9.17) is 16.3 Å². The molecule has 1 aromatic heterocycles. The van der Waals surface area contributed by atoms with Gasteiger partial charge in [0, 0.05) is 5.56 Å². The Morgan fingerprint density at radius 2 is 2.31 bits per heavy atom. The summed E-state index contributed by atoms with van der Waals surface area (Å²) in [6.07, 6.45) is 0. The summed E-state index contributed by atoms with van der Waals surface area (Å²) >= 11 is 5.61. The molecule has 0 saturated heterocycles. The molecule has 1 aromatic carbocycles. The van der Waals surface area contributed by atoms with Crippen molar-refractivity contribution in [2.75, 3.05) is 7.11 Å². The number of nitrogens with one attached hydrogen (secondary N) is 1. The Bertz CT molecular complexity index is 499. The minimum Gasteiger partial charge on any atom is -0.504 e. The maximum Gasteiger partial charge on any atom is 0.181 e. The molecule has 0 amide bonds. The Morgan fingerprint density at radius 1 is 1.50 bits per heavy atom. The fourth-order valence-electron chi connectivity index (χ4n) is 1.30. The van der Waals surface area contributed by atoms with Gasteiger partial charge in [-0.05, 0) is 18.2 Å². The zero-order valence-corrected chi connectivity index (χ0v) is 9.32. The second-order valence-electron chi connectivity index (χ2n) is 3.13. The first-order chi connectivity index (χ1) is 7.74. The molecule has 84 valence electrons. The van der Waals surface area contributed by atoms with E-state index >= 15 is 0 Å². The number of ether oxygens (including phenoxy) is 1. The van der Waals surface area contributed by atoms with Crippen molar-refractivity contribution >= 4 is 11.6 Å². The van der Waals surface area contributed by atoms with Gasteiger partial charge in [-0.1, -0.05) is 0 Å². The van der Waals surface area contributed by atoms with Crippen molar-refractivity contribution in [2.45, 2.75) is 5.88 Å². The third kappa shape index (κ3) is 1.94. The highest BCUT2D eigenvalue weighted by Crippen LogP contribution is 2.29. The number of aromatic nitrogens is 3. The zero-order valence-electron chi connectivity index (χ0n) is 8.57. The van der Waals surface area contributed by atoms with Crippen molar-refractivity contribution in [1.82, 2.24) is 15.2 Å². The van der Waals surface area contributed by atoms with Gasteiger partial charge in [0.2, 0.25) is 0 Å². The van der Waals surface area contributed by atoms with Gasteiger partial charge in [-0.2, -0.15) is 5.10 Å². The number of rotatable bonds is 3. The number of methoxy groups -OCH3 is 1. The molecule has 0 atom stereocenters. The van der Waals surface area contributed by atoms with Gasteiger partial charge in [0.15, 0.2) is 17.3 Å². The monoisotopic (exact) mass is 239 g/mol. The van der Waals surface area contributed by atoms with Crippen LogP contribution in [0.4, 0.5) is 0 Å². The standard InChI is InChI=1S/C10H10ClN3O2/c1-16-8-4-6(2-3-7(8)15)10-12-9(5-11)13-14-10/h2-4,15H,5H2,1H3,(H,12,13,14). The lowest BCUT2D eigenvalue weighted by atomic mass is 10.2. The van der Waals surface area contributed by atoms with Crippen molar-refractivity contribution in [1.29, 1.82) is 0 Å². The number of aromatic amines is 1. The van der Waals surface area contributed by atoms with Crippen molar-refractivity contribution in [3.63, 3.8) is 0 Å². The van der Waals surface area contributed by atoms with Gasteiger partial charge in [-0.25, -0.2) is 4.98 Å². The largest absolute Gasteiger partial charge is 0.504 e. The first-order valence-electron chi connectivity index (χ1n) is 4.59. The topological polar surface area (TPSA) is 71.0 Å². The molecular formula is C10H10ClN3O2. The molecule has 0 bridgehead atoms. The van der Waals surface area contributed by atoms with E-state index in [0.29, 0.717) is 17.4 Å². The van der Waals surface area contributed by atoms with Crippen LogP contribution < -0.4 is 4.74 Å². The molecule has 0 radical (unpaired) electrons. The van der Waals surface area contributed by atoms with Crippen LogP contribution in [0.3, 0.4) is 0 Å². The molecule has 0 spiro atoms. The number of phenolic OH excluding ortho intramolecular Hbond substituents is 1. The predicted molar refractivity (Wildman–Crippen MR) is 59.6 cm³/mol. The molecule has 0 saturated carbocycles. The van der Waals surface area contributed by atoms with E-state index in [0.717, 1.165) is 5.56 Å². The summed E-state index contributed by atoms with van der Waals surface area (Å²) in [5.41, 5.74) is 0.752. The van der Waals surface area contributed by atoms with Gasteiger partial charge in [-0.15, -0.1) is 11.6 Å². The van der Waals surface area contributed by atoms with Crippen LogP contribution in [0.2, 0.25) is 0 Å². The van der Waals surface area contributed by atoms with E-state index in [9.17, 15) is 5.11 Å². The van der Waals surface area contributed by atoms with E-state index in [-0.39, 0.29) is 11.6 Å². The Morgan fingerprint density at radius 3 is 2.94 bits per heavy atom. The number of halogens is 1. The van der Waals surface area contributed by atoms with Crippen LogP contribution >= 0.6 is 11.6 Å². The van der Waals surface area contributed by atoms with Crippen molar-refractivity contribution < 1.29 is 9.84 Å². The third-order valence-electron chi connectivity index (χ3n) is 2.10. The number of nitrogens with zero attached hydrogens (tertiary/aromatic N) is 2. The van der Waals surface area contributed by atoms with Gasteiger partial charge in [0.05, 0.1) is 13.0 Å². The number of phenols is 1. The molecule has 2 aromatic rings. The maximum absolute atomic E-state index is 9.44. The van der Waals surface area contributed by atoms with Crippen LogP contribution in [0.1, 0.15) is 5.82 Å². The summed E-state index contributed by atoms with van der Waals surface area (Å²) in [5.74, 6) is 1.87. The van der Waals surface area contributed by atoms with Gasteiger partial charge in [-0.3, -0.25) is 5.10 Å². The number of hydrogen-bond donors (Lipinski definition) is 2. The zero-order chi connectivity index (χ0) is 11.5. The van der Waals surface area contributed by atoms with Crippen LogP contribution in [0, 0.1) is 0 Å². The molecule has 0 aliphatic heterocycles. The Hall–Kier alpha value is -1.75. The smallest absolute Gasteiger partial charge is 0.181 e. The lowest BCUT2D eigenvalue weighted by Gasteiger charge is -2.03. The van der Waals surface area contributed by atoms with Gasteiger partial charge in [0.25, 0.3) is 0 Å². The summed E-state index contributed by atoms with van der Waals surface area (Å²) in [5, 5.41) is 16.2. The highest BCUT2D eigenvalue weighted by atomic mass is 35.5. The van der Waals surface area contributed by atoms with Crippen LogP contribution in [0.25, 0.3) is 11.4 Å². The van der Waals surface area contributed by atoms with Crippen molar-refractivity contribution in [2.24, 2.45) is 0 Å². The molecule has 5 nitrogen and oxygen atoms in total. The average molecular weight is 240 g/mol.